The summed E-state index contributed by atoms with van der Waals surface area (Å²) in [5, 5.41) is 28.9. The molecule has 0 saturated carbocycles. The van der Waals surface area contributed by atoms with Crippen molar-refractivity contribution in [2.75, 3.05) is 18.0 Å². The third kappa shape index (κ3) is 7.35. The van der Waals surface area contributed by atoms with E-state index in [1.807, 2.05) is 60.7 Å². The summed E-state index contributed by atoms with van der Waals surface area (Å²) in [4.78, 5) is 17.1. The number of nitrogens with zero attached hydrogens (tertiary/aromatic N) is 5. The van der Waals surface area contributed by atoms with Crippen LogP contribution < -0.4 is 4.90 Å². The van der Waals surface area contributed by atoms with Gasteiger partial charge in [-0.15, -0.1) is 0 Å². The molecule has 0 aromatic heterocycles. The lowest BCUT2D eigenvalue weighted by Gasteiger charge is -2.24. The van der Waals surface area contributed by atoms with E-state index in [9.17, 15) is 20.6 Å². The van der Waals surface area contributed by atoms with Crippen LogP contribution in [0, 0.1) is 34.0 Å². The number of unbranched alkanes of at least 4 members (excludes halogenated alkanes) is 2. The number of rotatable bonds is 12. The van der Waals surface area contributed by atoms with Crippen molar-refractivity contribution in [2.24, 2.45) is 0 Å². The van der Waals surface area contributed by atoms with Crippen molar-refractivity contribution in [1.29, 1.82) is 15.8 Å². The van der Waals surface area contributed by atoms with Gasteiger partial charge in [0.15, 0.2) is 5.57 Å². The first kappa shape index (κ1) is 28.7. The van der Waals surface area contributed by atoms with Crippen LogP contribution in [0.25, 0.3) is 6.08 Å². The molecule has 0 fully saturated rings. The number of amides is 1. The van der Waals surface area contributed by atoms with E-state index in [4.69, 9.17) is 0 Å². The van der Waals surface area contributed by atoms with Gasteiger partial charge in [0, 0.05) is 18.8 Å². The highest BCUT2D eigenvalue weighted by molar-refractivity contribution is 6.04. The van der Waals surface area contributed by atoms with Crippen LogP contribution in [0.4, 0.5) is 5.69 Å². The number of allylic oxidation sites excluding steroid dienone is 4. The van der Waals surface area contributed by atoms with Crippen molar-refractivity contribution in [3.8, 4) is 18.2 Å². The Labute approximate surface area is 231 Å². The van der Waals surface area contributed by atoms with E-state index >= 15 is 0 Å². The van der Waals surface area contributed by atoms with Crippen LogP contribution in [-0.2, 0) is 11.3 Å². The summed E-state index contributed by atoms with van der Waals surface area (Å²) in [5.41, 5.74) is 3.05. The van der Waals surface area contributed by atoms with Crippen LogP contribution in [0.2, 0.25) is 0 Å². The minimum atomic E-state index is -0.415. The molecule has 196 valence electrons. The van der Waals surface area contributed by atoms with E-state index in [0.29, 0.717) is 0 Å². The first-order valence-electron chi connectivity index (χ1n) is 13.3. The smallest absolute Gasteiger partial charge is 0.260 e. The Morgan fingerprint density at radius 1 is 0.872 bits per heavy atom. The first-order chi connectivity index (χ1) is 19.1. The molecule has 2 aromatic carbocycles. The van der Waals surface area contributed by atoms with Gasteiger partial charge in [-0.2, -0.15) is 15.8 Å². The number of benzene rings is 2. The van der Waals surface area contributed by atoms with E-state index < -0.39 is 5.91 Å². The summed E-state index contributed by atoms with van der Waals surface area (Å²) in [6.45, 7) is 6.67. The molecule has 6 nitrogen and oxygen atoms in total. The number of nitriles is 3. The molecule has 2 aromatic rings. The van der Waals surface area contributed by atoms with E-state index in [0.717, 1.165) is 37.1 Å². The fourth-order valence-electron chi connectivity index (χ4n) is 4.37. The van der Waals surface area contributed by atoms with Crippen molar-refractivity contribution in [1.82, 2.24) is 4.90 Å². The summed E-state index contributed by atoms with van der Waals surface area (Å²) < 4.78 is 0. The van der Waals surface area contributed by atoms with Gasteiger partial charge in [0.1, 0.15) is 18.2 Å². The van der Waals surface area contributed by atoms with Gasteiger partial charge in [-0.3, -0.25) is 4.79 Å². The largest absolute Gasteiger partial charge is 0.372 e. The Hall–Kier alpha value is -4.86. The standard InChI is InChI=1S/C33H33N5O/c1-3-5-20-37(21-6-4-2)29-18-16-26(17-19-29)12-10-11-15-30-31(24-36)32(28(22-34)23-35)38(33(30)39)25-27-13-8-7-9-14-27/h7-19H,3-6,20-21,25H2,1-2H3/b12-10+,15-11+. The summed E-state index contributed by atoms with van der Waals surface area (Å²) in [6.07, 6.45) is 11.7. The van der Waals surface area contributed by atoms with Crippen molar-refractivity contribution in [3.05, 3.63) is 106 Å². The SMILES string of the molecule is CCCCN(CCCC)c1ccc(/C=C/C=C/C2=C(C#N)C(=C(C#N)C#N)N(Cc3ccccc3)C2=O)cc1. The molecule has 0 bridgehead atoms. The van der Waals surface area contributed by atoms with E-state index in [1.54, 1.807) is 12.2 Å². The number of hydrogen-bond donors (Lipinski definition) is 0. The third-order valence-corrected chi connectivity index (χ3v) is 6.49. The highest BCUT2D eigenvalue weighted by Crippen LogP contribution is 2.33. The molecular weight excluding hydrogens is 482 g/mol. The molecule has 0 spiro atoms. The summed E-state index contributed by atoms with van der Waals surface area (Å²) in [5.74, 6) is -0.415. The zero-order valence-electron chi connectivity index (χ0n) is 22.6. The maximum absolute atomic E-state index is 13.3. The Balaban J connectivity index is 1.81. The molecule has 0 saturated heterocycles. The zero-order valence-corrected chi connectivity index (χ0v) is 22.6. The highest BCUT2D eigenvalue weighted by Gasteiger charge is 2.36. The van der Waals surface area contributed by atoms with Crippen LogP contribution in [0.15, 0.2) is 95.2 Å². The predicted octanol–water partition coefficient (Wildman–Crippen LogP) is 6.83. The van der Waals surface area contributed by atoms with Gasteiger partial charge in [-0.25, -0.2) is 0 Å². The Bertz CT molecular complexity index is 1370. The maximum Gasteiger partial charge on any atom is 0.260 e. The van der Waals surface area contributed by atoms with Crippen LogP contribution in [0.1, 0.15) is 50.7 Å². The number of carbonyl (C=O) groups excluding carboxylic acids is 1. The lowest BCUT2D eigenvalue weighted by molar-refractivity contribution is -0.124. The molecule has 0 radical (unpaired) electrons. The molecular formula is C33H33N5O. The predicted molar refractivity (Wildman–Crippen MR) is 155 cm³/mol. The second kappa shape index (κ2) is 14.8. The van der Waals surface area contributed by atoms with Crippen molar-refractivity contribution >= 4 is 17.7 Å². The molecule has 39 heavy (non-hydrogen) atoms. The molecule has 1 aliphatic rings. The summed E-state index contributed by atoms with van der Waals surface area (Å²) in [6, 6.07) is 23.4. The van der Waals surface area contributed by atoms with Crippen molar-refractivity contribution in [3.63, 3.8) is 0 Å². The monoisotopic (exact) mass is 515 g/mol. The second-order valence-corrected chi connectivity index (χ2v) is 9.23. The van der Waals surface area contributed by atoms with E-state index in [1.165, 1.54) is 23.4 Å². The van der Waals surface area contributed by atoms with Gasteiger partial charge in [0.25, 0.3) is 5.91 Å². The van der Waals surface area contributed by atoms with Crippen molar-refractivity contribution in [2.45, 2.75) is 46.1 Å². The van der Waals surface area contributed by atoms with Crippen LogP contribution >= 0.6 is 0 Å². The molecule has 0 atom stereocenters. The number of carbonyl (C=O) groups is 1. The van der Waals surface area contributed by atoms with Crippen LogP contribution in [0.3, 0.4) is 0 Å². The second-order valence-electron chi connectivity index (χ2n) is 9.23. The fraction of sp³-hybridized carbons (Fsp3) is 0.273. The van der Waals surface area contributed by atoms with Gasteiger partial charge in [-0.05, 0) is 42.2 Å². The lowest BCUT2D eigenvalue weighted by atomic mass is 10.1. The number of anilines is 1. The lowest BCUT2D eigenvalue weighted by Crippen LogP contribution is -2.26. The van der Waals surface area contributed by atoms with Gasteiger partial charge >= 0.3 is 0 Å². The molecule has 1 amide bonds. The first-order valence-corrected chi connectivity index (χ1v) is 13.3. The minimum absolute atomic E-state index is 0.0299. The summed E-state index contributed by atoms with van der Waals surface area (Å²) in [7, 11) is 0. The number of hydrogen-bond acceptors (Lipinski definition) is 5. The topological polar surface area (TPSA) is 94.9 Å². The van der Waals surface area contributed by atoms with Gasteiger partial charge in [0.05, 0.1) is 23.4 Å². The van der Waals surface area contributed by atoms with Gasteiger partial charge < -0.3 is 9.80 Å². The van der Waals surface area contributed by atoms with Gasteiger partial charge in [-0.1, -0.05) is 87.4 Å². The fourth-order valence-corrected chi connectivity index (χ4v) is 4.37. The third-order valence-electron chi connectivity index (χ3n) is 6.49. The average Bonchev–Trinajstić information content (AvgIpc) is 3.23. The Kier molecular flexibility index (Phi) is 10.9. The minimum Gasteiger partial charge on any atom is -0.372 e. The highest BCUT2D eigenvalue weighted by atomic mass is 16.2. The quantitative estimate of drug-likeness (QED) is 0.228. The normalized spacial score (nSPS) is 13.2. The molecule has 0 unspecified atom stereocenters. The molecule has 6 heteroatoms. The van der Waals surface area contributed by atoms with Crippen molar-refractivity contribution < 1.29 is 4.79 Å². The Morgan fingerprint density at radius 2 is 1.49 bits per heavy atom. The van der Waals surface area contributed by atoms with E-state index in [-0.39, 0.29) is 29.0 Å². The maximum atomic E-state index is 13.3. The molecule has 3 rings (SSSR count). The van der Waals surface area contributed by atoms with E-state index in [2.05, 4.69) is 43.0 Å². The average molecular weight is 516 g/mol. The van der Waals surface area contributed by atoms with Crippen LogP contribution in [0.5, 0.6) is 0 Å². The Morgan fingerprint density at radius 3 is 2.05 bits per heavy atom. The van der Waals surface area contributed by atoms with Gasteiger partial charge in [0.2, 0.25) is 0 Å². The molecule has 0 N–H and O–H groups in total. The molecule has 1 aliphatic heterocycles. The summed E-state index contributed by atoms with van der Waals surface area (Å²) >= 11 is 0. The zero-order chi connectivity index (χ0) is 28.0. The molecule has 1 heterocycles. The molecule has 0 aliphatic carbocycles. The van der Waals surface area contributed by atoms with Crippen LogP contribution in [-0.4, -0.2) is 23.9 Å².